The molecular weight excluding hydrogens is 414 g/mol. The van der Waals surface area contributed by atoms with E-state index in [2.05, 4.69) is 4.99 Å². The third-order valence-corrected chi connectivity index (χ3v) is 5.94. The van der Waals surface area contributed by atoms with Crippen LogP contribution in [0.3, 0.4) is 0 Å². The zero-order valence-corrected chi connectivity index (χ0v) is 17.3. The highest BCUT2D eigenvalue weighted by Gasteiger charge is 2.15. The second-order valence-corrected chi connectivity index (χ2v) is 8.18. The lowest BCUT2D eigenvalue weighted by atomic mass is 10.2. The third kappa shape index (κ3) is 4.72. The molecule has 0 aliphatic heterocycles. The Hall–Kier alpha value is -2.98. The maximum absolute atomic E-state index is 12.6. The third-order valence-electron chi connectivity index (χ3n) is 4.00. The molecule has 1 heterocycles. The minimum atomic E-state index is -0.516. The van der Waals surface area contributed by atoms with E-state index >= 15 is 0 Å². The molecule has 8 nitrogen and oxygen atoms in total. The molecule has 0 N–H and O–H groups in total. The number of nitro benzene ring substituents is 1. The summed E-state index contributed by atoms with van der Waals surface area (Å²) < 4.78 is 6.79. The lowest BCUT2D eigenvalue weighted by molar-refractivity contribution is -0.384. The number of nitro groups is 1. The zero-order chi connectivity index (χ0) is 21.0. The van der Waals surface area contributed by atoms with Gasteiger partial charge in [-0.2, -0.15) is 4.99 Å². The Morgan fingerprint density at radius 2 is 1.97 bits per heavy atom. The first-order chi connectivity index (χ1) is 13.9. The van der Waals surface area contributed by atoms with Gasteiger partial charge in [0, 0.05) is 22.6 Å². The molecular formula is C19H17N3O5S2. The normalized spacial score (nSPS) is 11.6. The number of esters is 1. The summed E-state index contributed by atoms with van der Waals surface area (Å²) in [5.74, 6) is -0.0466. The van der Waals surface area contributed by atoms with Crippen LogP contribution in [-0.2, 0) is 16.1 Å². The van der Waals surface area contributed by atoms with Gasteiger partial charge in [0.25, 0.3) is 11.6 Å². The standard InChI is InChI=1S/C19H17N3O5S2/c1-3-28-14-7-4-12(5-8-14)18(24)20-19-21(11-17(23)27-2)15-9-6-13(22(25)26)10-16(15)29-19/h4-10H,3,11H2,1-2H3. The second-order valence-electron chi connectivity index (χ2n) is 5.83. The number of fused-ring (bicyclic) bond motifs is 1. The summed E-state index contributed by atoms with van der Waals surface area (Å²) in [6, 6.07) is 11.4. The Bertz CT molecular complexity index is 1150. The van der Waals surface area contributed by atoms with Crippen LogP contribution in [-0.4, -0.2) is 34.2 Å². The molecule has 150 valence electrons. The van der Waals surface area contributed by atoms with E-state index in [4.69, 9.17) is 4.74 Å². The first kappa shape index (κ1) is 20.7. The molecule has 29 heavy (non-hydrogen) atoms. The molecule has 0 spiro atoms. The van der Waals surface area contributed by atoms with E-state index < -0.39 is 16.8 Å². The summed E-state index contributed by atoms with van der Waals surface area (Å²) in [7, 11) is 1.26. The molecule has 0 fully saturated rings. The van der Waals surface area contributed by atoms with E-state index in [1.807, 2.05) is 19.1 Å². The van der Waals surface area contributed by atoms with Crippen molar-refractivity contribution in [1.29, 1.82) is 0 Å². The van der Waals surface area contributed by atoms with Crippen molar-refractivity contribution in [2.45, 2.75) is 18.4 Å². The molecule has 0 unspecified atom stereocenters. The zero-order valence-electron chi connectivity index (χ0n) is 15.7. The molecule has 1 aromatic heterocycles. The minimum absolute atomic E-state index is 0.0779. The van der Waals surface area contributed by atoms with Crippen molar-refractivity contribution in [2.75, 3.05) is 12.9 Å². The number of non-ortho nitro benzene ring substituents is 1. The molecule has 0 bridgehead atoms. The maximum atomic E-state index is 12.6. The molecule has 3 aromatic rings. The summed E-state index contributed by atoms with van der Waals surface area (Å²) in [5.41, 5.74) is 0.900. The molecule has 0 aliphatic rings. The Balaban J connectivity index is 2.07. The fourth-order valence-electron chi connectivity index (χ4n) is 2.62. The quantitative estimate of drug-likeness (QED) is 0.255. The van der Waals surface area contributed by atoms with Crippen molar-refractivity contribution in [3.63, 3.8) is 0 Å². The van der Waals surface area contributed by atoms with Gasteiger partial charge < -0.3 is 9.30 Å². The van der Waals surface area contributed by atoms with Gasteiger partial charge in [-0.15, -0.1) is 11.8 Å². The van der Waals surface area contributed by atoms with E-state index in [1.165, 1.54) is 29.9 Å². The van der Waals surface area contributed by atoms with Crippen molar-refractivity contribution in [3.8, 4) is 0 Å². The van der Waals surface area contributed by atoms with Gasteiger partial charge in [-0.25, -0.2) is 0 Å². The highest BCUT2D eigenvalue weighted by molar-refractivity contribution is 7.99. The van der Waals surface area contributed by atoms with Crippen LogP contribution in [0.4, 0.5) is 5.69 Å². The van der Waals surface area contributed by atoms with Crippen molar-refractivity contribution >= 4 is 50.9 Å². The Kier molecular flexibility index (Phi) is 6.45. The Labute approximate surface area is 174 Å². The van der Waals surface area contributed by atoms with Crippen LogP contribution in [0.25, 0.3) is 10.2 Å². The van der Waals surface area contributed by atoms with Gasteiger partial charge in [-0.1, -0.05) is 18.3 Å². The topological polar surface area (TPSA) is 104 Å². The van der Waals surface area contributed by atoms with Gasteiger partial charge in [-0.3, -0.25) is 19.7 Å². The van der Waals surface area contributed by atoms with Gasteiger partial charge in [0.1, 0.15) is 6.54 Å². The first-order valence-corrected chi connectivity index (χ1v) is 10.4. The van der Waals surface area contributed by atoms with E-state index in [1.54, 1.807) is 23.9 Å². The number of methoxy groups -OCH3 is 1. The number of rotatable bonds is 6. The van der Waals surface area contributed by atoms with Crippen molar-refractivity contribution in [1.82, 2.24) is 4.57 Å². The molecule has 10 heteroatoms. The number of benzene rings is 2. The lowest BCUT2D eigenvalue weighted by Gasteiger charge is -2.03. The number of carbonyl (C=O) groups excluding carboxylic acids is 2. The highest BCUT2D eigenvalue weighted by Crippen LogP contribution is 2.23. The van der Waals surface area contributed by atoms with Crippen molar-refractivity contribution < 1.29 is 19.2 Å². The number of carbonyl (C=O) groups is 2. The molecule has 0 saturated carbocycles. The van der Waals surface area contributed by atoms with Gasteiger partial charge in [0.05, 0.1) is 22.2 Å². The number of nitrogens with zero attached hydrogens (tertiary/aromatic N) is 3. The number of thioether (sulfide) groups is 1. The van der Waals surface area contributed by atoms with Crippen LogP contribution < -0.4 is 4.80 Å². The fraction of sp³-hybridized carbons (Fsp3) is 0.211. The van der Waals surface area contributed by atoms with Gasteiger partial charge in [0.2, 0.25) is 0 Å². The Morgan fingerprint density at radius 1 is 1.24 bits per heavy atom. The minimum Gasteiger partial charge on any atom is -0.468 e. The molecule has 1 amide bonds. The van der Waals surface area contributed by atoms with Crippen LogP contribution in [0.1, 0.15) is 17.3 Å². The molecule has 0 radical (unpaired) electrons. The fourth-order valence-corrected chi connectivity index (χ4v) is 4.34. The lowest BCUT2D eigenvalue weighted by Crippen LogP contribution is -2.22. The van der Waals surface area contributed by atoms with Crippen LogP contribution in [0.5, 0.6) is 0 Å². The van der Waals surface area contributed by atoms with E-state index in [0.29, 0.717) is 15.8 Å². The highest BCUT2D eigenvalue weighted by atomic mass is 32.2. The van der Waals surface area contributed by atoms with E-state index in [9.17, 15) is 19.7 Å². The number of amides is 1. The Morgan fingerprint density at radius 3 is 2.59 bits per heavy atom. The summed E-state index contributed by atoms with van der Waals surface area (Å²) in [5, 5.41) is 11.0. The number of hydrogen-bond acceptors (Lipinski definition) is 7. The smallest absolute Gasteiger partial charge is 0.325 e. The van der Waals surface area contributed by atoms with Crippen molar-refractivity contribution in [3.05, 3.63) is 62.9 Å². The molecule has 3 rings (SSSR count). The second kappa shape index (κ2) is 9.01. The van der Waals surface area contributed by atoms with Crippen LogP contribution in [0, 0.1) is 10.1 Å². The molecule has 2 aromatic carbocycles. The van der Waals surface area contributed by atoms with Crippen molar-refractivity contribution in [2.24, 2.45) is 4.99 Å². The predicted octanol–water partition coefficient (Wildman–Crippen LogP) is 3.64. The van der Waals surface area contributed by atoms with Gasteiger partial charge >= 0.3 is 5.97 Å². The summed E-state index contributed by atoms with van der Waals surface area (Å²) >= 11 is 2.77. The van der Waals surface area contributed by atoms with Crippen LogP contribution in [0.2, 0.25) is 0 Å². The maximum Gasteiger partial charge on any atom is 0.325 e. The number of aromatic nitrogens is 1. The monoisotopic (exact) mass is 431 g/mol. The number of hydrogen-bond donors (Lipinski definition) is 0. The van der Waals surface area contributed by atoms with E-state index in [0.717, 1.165) is 22.0 Å². The number of ether oxygens (including phenoxy) is 1. The first-order valence-electron chi connectivity index (χ1n) is 8.59. The van der Waals surface area contributed by atoms with Crippen LogP contribution in [0.15, 0.2) is 52.4 Å². The summed E-state index contributed by atoms with van der Waals surface area (Å²) in [6.45, 7) is 1.89. The van der Waals surface area contributed by atoms with Crippen LogP contribution >= 0.6 is 23.1 Å². The number of thiazole rings is 1. The average molecular weight is 431 g/mol. The van der Waals surface area contributed by atoms with E-state index in [-0.39, 0.29) is 17.0 Å². The summed E-state index contributed by atoms with van der Waals surface area (Å²) in [6.07, 6.45) is 0. The largest absolute Gasteiger partial charge is 0.468 e. The average Bonchev–Trinajstić information content (AvgIpc) is 3.04. The molecule has 0 aliphatic carbocycles. The molecule has 0 saturated heterocycles. The SMILES string of the molecule is CCSc1ccc(C(=O)N=c2sc3cc([N+](=O)[O-])ccc3n2CC(=O)OC)cc1. The van der Waals surface area contributed by atoms with Gasteiger partial charge in [-0.05, 0) is 36.1 Å². The molecule has 0 atom stereocenters. The predicted molar refractivity (Wildman–Crippen MR) is 111 cm³/mol. The summed E-state index contributed by atoms with van der Waals surface area (Å²) in [4.78, 5) is 40.5. The van der Waals surface area contributed by atoms with Gasteiger partial charge in [0.15, 0.2) is 4.80 Å².